The van der Waals surface area contributed by atoms with E-state index in [4.69, 9.17) is 17.2 Å². The first kappa shape index (κ1) is 52.1. The van der Waals surface area contributed by atoms with Gasteiger partial charge in [0.15, 0.2) is 5.96 Å². The minimum Gasteiger partial charge on any atom is -0.481 e. The predicted molar refractivity (Wildman–Crippen MR) is 226 cm³/mol. The zero-order chi connectivity index (χ0) is 46.4. The van der Waals surface area contributed by atoms with Crippen LogP contribution in [0.3, 0.4) is 0 Å². The molecule has 7 amide bonds. The Hall–Kier alpha value is -6.01. The van der Waals surface area contributed by atoms with E-state index in [0.29, 0.717) is 30.6 Å². The van der Waals surface area contributed by atoms with Gasteiger partial charge < -0.3 is 69.3 Å². The number of nitrogens with one attached hydrogen (secondary N) is 6. The number of aliphatic hydroxyl groups excluding tert-OH is 1. The number of carboxylic acids is 2. The van der Waals surface area contributed by atoms with E-state index in [0.717, 1.165) is 0 Å². The number of aliphatic imine (C=N–C) groups is 1. The Kier molecular flexibility index (Phi) is 22.7. The number of thioether (sulfide) groups is 1. The van der Waals surface area contributed by atoms with Crippen molar-refractivity contribution in [3.05, 3.63) is 35.9 Å². The molecule has 0 unspecified atom stereocenters. The van der Waals surface area contributed by atoms with E-state index in [1.54, 1.807) is 30.3 Å². The summed E-state index contributed by atoms with van der Waals surface area (Å²) in [6.45, 7) is 0.0274. The Bertz CT molecular complexity index is 1750. The van der Waals surface area contributed by atoms with Crippen LogP contribution in [0.2, 0.25) is 0 Å². The lowest BCUT2D eigenvalue weighted by Crippen LogP contribution is -2.58. The van der Waals surface area contributed by atoms with E-state index >= 15 is 0 Å². The van der Waals surface area contributed by atoms with Crippen molar-refractivity contribution in [3.8, 4) is 0 Å². The predicted octanol–water partition coefficient (Wildman–Crippen LogP) is -4.14. The fraction of sp³-hybridized carbons (Fsp3) is 0.579. The summed E-state index contributed by atoms with van der Waals surface area (Å²) >= 11 is 1.52. The summed E-state index contributed by atoms with van der Waals surface area (Å²) in [5, 5.41) is 43.1. The molecular weight excluding hydrogens is 835 g/mol. The van der Waals surface area contributed by atoms with Crippen molar-refractivity contribution in [3.63, 3.8) is 0 Å². The normalized spacial score (nSPS) is 16.2. The van der Waals surface area contributed by atoms with Gasteiger partial charge in [0.05, 0.1) is 19.2 Å². The smallest absolute Gasteiger partial charge is 0.326 e. The van der Waals surface area contributed by atoms with Crippen molar-refractivity contribution < 1.29 is 58.5 Å². The highest BCUT2D eigenvalue weighted by molar-refractivity contribution is 7.98. The van der Waals surface area contributed by atoms with E-state index in [2.05, 4.69) is 36.9 Å². The van der Waals surface area contributed by atoms with E-state index in [-0.39, 0.29) is 38.3 Å². The third-order valence-corrected chi connectivity index (χ3v) is 10.2. The minimum atomic E-state index is -1.56. The van der Waals surface area contributed by atoms with Crippen molar-refractivity contribution in [2.24, 2.45) is 22.2 Å². The molecule has 1 aliphatic heterocycles. The van der Waals surface area contributed by atoms with Crippen LogP contribution in [0.5, 0.6) is 0 Å². The maximum absolute atomic E-state index is 13.6. The number of carboxylic acid groups (broad SMARTS) is 2. The molecule has 1 aromatic carbocycles. The largest absolute Gasteiger partial charge is 0.481 e. The number of amides is 7. The summed E-state index contributed by atoms with van der Waals surface area (Å²) in [5.74, 6) is -7.99. The van der Waals surface area contributed by atoms with Crippen LogP contribution in [0.15, 0.2) is 35.3 Å². The van der Waals surface area contributed by atoms with Crippen molar-refractivity contribution in [1.82, 2.24) is 36.8 Å². The molecule has 2 rings (SSSR count). The molecule has 24 heteroatoms. The van der Waals surface area contributed by atoms with Gasteiger partial charge in [-0.05, 0) is 63.0 Å². The molecule has 7 atom stereocenters. The molecule has 0 saturated carbocycles. The molecule has 0 bridgehead atoms. The fourth-order valence-electron chi connectivity index (χ4n) is 6.19. The fourth-order valence-corrected chi connectivity index (χ4v) is 6.68. The van der Waals surface area contributed by atoms with Crippen LogP contribution >= 0.6 is 11.8 Å². The molecule has 1 fully saturated rings. The van der Waals surface area contributed by atoms with E-state index in [1.807, 2.05) is 6.26 Å². The highest BCUT2D eigenvalue weighted by Crippen LogP contribution is 2.19. The van der Waals surface area contributed by atoms with Crippen LogP contribution in [0.25, 0.3) is 0 Å². The molecule has 0 aromatic heterocycles. The molecule has 0 aliphatic carbocycles. The molecule has 15 N–H and O–H groups in total. The van der Waals surface area contributed by atoms with Crippen LogP contribution in [-0.2, 0) is 49.6 Å². The zero-order valence-electron chi connectivity index (χ0n) is 34.7. The molecule has 1 aromatic rings. The number of nitrogens with zero attached hydrogens (tertiary/aromatic N) is 2. The summed E-state index contributed by atoms with van der Waals surface area (Å²) in [6, 6.07) is -0.506. The number of benzene rings is 1. The van der Waals surface area contributed by atoms with Gasteiger partial charge in [-0.1, -0.05) is 30.3 Å². The molecule has 23 nitrogen and oxygen atoms in total. The summed E-state index contributed by atoms with van der Waals surface area (Å²) in [7, 11) is 0. The summed E-state index contributed by atoms with van der Waals surface area (Å²) in [6.07, 6.45) is 2.08. The molecule has 1 saturated heterocycles. The number of nitrogens with two attached hydrogens (primary N) is 3. The summed E-state index contributed by atoms with van der Waals surface area (Å²) < 4.78 is 0. The van der Waals surface area contributed by atoms with Gasteiger partial charge in [0.25, 0.3) is 0 Å². The van der Waals surface area contributed by atoms with Crippen LogP contribution in [0.4, 0.5) is 0 Å². The van der Waals surface area contributed by atoms with Crippen LogP contribution in [0, 0.1) is 0 Å². The number of carbonyl (C=O) groups is 9. The van der Waals surface area contributed by atoms with Gasteiger partial charge in [-0.3, -0.25) is 43.3 Å². The monoisotopic (exact) mass is 893 g/mol. The highest BCUT2D eigenvalue weighted by Gasteiger charge is 2.38. The molecule has 1 heterocycles. The van der Waals surface area contributed by atoms with Gasteiger partial charge in [0, 0.05) is 25.9 Å². The van der Waals surface area contributed by atoms with Crippen molar-refractivity contribution >= 4 is 71.0 Å². The zero-order valence-corrected chi connectivity index (χ0v) is 35.5. The lowest BCUT2D eigenvalue weighted by atomic mass is 10.0. The topological polar surface area (TPSA) is 380 Å². The number of aliphatic hydroxyl groups is 1. The van der Waals surface area contributed by atoms with Gasteiger partial charge in [-0.2, -0.15) is 11.8 Å². The van der Waals surface area contributed by atoms with Gasteiger partial charge >= 0.3 is 11.9 Å². The number of likely N-dealkylation sites (tertiary alicyclic amines) is 1. The third-order valence-electron chi connectivity index (χ3n) is 9.55. The second-order valence-corrected chi connectivity index (χ2v) is 15.4. The van der Waals surface area contributed by atoms with Crippen molar-refractivity contribution in [1.29, 1.82) is 0 Å². The summed E-state index contributed by atoms with van der Waals surface area (Å²) in [4.78, 5) is 121. The average molecular weight is 894 g/mol. The Morgan fingerprint density at radius 2 is 1.50 bits per heavy atom. The first-order chi connectivity index (χ1) is 29.4. The van der Waals surface area contributed by atoms with Crippen LogP contribution in [0.1, 0.15) is 57.4 Å². The average Bonchev–Trinajstić information content (AvgIpc) is 3.73. The lowest BCUT2D eigenvalue weighted by Gasteiger charge is -2.28. The third kappa shape index (κ3) is 18.3. The van der Waals surface area contributed by atoms with E-state index in [9.17, 15) is 58.5 Å². The first-order valence-corrected chi connectivity index (χ1v) is 21.3. The second kappa shape index (κ2) is 27.0. The number of rotatable bonds is 27. The number of carbonyl (C=O) groups excluding carboxylic acids is 7. The van der Waals surface area contributed by atoms with Crippen LogP contribution < -0.4 is 49.1 Å². The highest BCUT2D eigenvalue weighted by atomic mass is 32.2. The number of guanidine groups is 1. The number of hydrogen-bond donors (Lipinski definition) is 12. The summed E-state index contributed by atoms with van der Waals surface area (Å²) in [5.41, 5.74) is 17.2. The second-order valence-electron chi connectivity index (χ2n) is 14.4. The Morgan fingerprint density at radius 1 is 0.839 bits per heavy atom. The molecule has 344 valence electrons. The Morgan fingerprint density at radius 3 is 2.11 bits per heavy atom. The van der Waals surface area contributed by atoms with E-state index in [1.165, 1.54) is 23.6 Å². The molecule has 0 radical (unpaired) electrons. The maximum atomic E-state index is 13.6. The number of hydrogen-bond acceptors (Lipinski definition) is 13. The van der Waals surface area contributed by atoms with Gasteiger partial charge in [0.1, 0.15) is 36.3 Å². The van der Waals surface area contributed by atoms with Gasteiger partial charge in [0.2, 0.25) is 41.4 Å². The Balaban J connectivity index is 2.12. The molecular formula is C38H59N11O12S. The first-order valence-electron chi connectivity index (χ1n) is 19.9. The van der Waals surface area contributed by atoms with E-state index < -0.39 is 122 Å². The van der Waals surface area contributed by atoms with Gasteiger partial charge in [-0.25, -0.2) is 4.79 Å². The van der Waals surface area contributed by atoms with Crippen molar-refractivity contribution in [2.75, 3.05) is 38.2 Å². The lowest BCUT2D eigenvalue weighted by molar-refractivity contribution is -0.142. The molecule has 1 aliphatic rings. The quantitative estimate of drug-likeness (QED) is 0.0227. The standard InChI is InChI=1S/C38H59N11O12S/c1-21(31(54)46-25(37(60)61)10-6-15-42-38(40)41)44-34(57)26(18-22-8-4-3-5-9-22)47-33(56)24(12-13-30(52)53)45-29(51)19-43-32(55)27(20-50)48-35(58)28-11-7-16-49(28)36(59)23(39)14-17-62-2/h3-5,8-9,21,23-28,50H,6-7,10-20,39H2,1-2H3,(H,43,55)(H,44,57)(H,45,51)(H,46,54)(H,47,56)(H,48,58)(H,52,53)(H,60,61)(H4,40,41,42)/t21-,23-,24-,25-,26-,27-,28-/m0/s1. The molecule has 62 heavy (non-hydrogen) atoms. The van der Waals surface area contributed by atoms with Crippen molar-refractivity contribution in [2.45, 2.75) is 101 Å². The SMILES string of the molecule is CSCC[C@H](N)C(=O)N1CCC[C@H]1C(=O)N[C@@H](CO)C(=O)NCC(=O)N[C@@H](CCC(=O)O)C(=O)N[C@@H](Cc1ccccc1)C(=O)N[C@@H](C)C(=O)N[C@@H](CCCN=C(N)N)C(=O)O. The van der Waals surface area contributed by atoms with Gasteiger partial charge in [-0.15, -0.1) is 0 Å². The number of aliphatic carboxylic acids is 2. The van der Waals surface area contributed by atoms with Crippen LogP contribution in [-0.4, -0.2) is 160 Å². The maximum Gasteiger partial charge on any atom is 0.326 e. The minimum absolute atomic E-state index is 0.0336. The molecule has 0 spiro atoms. The Labute approximate surface area is 362 Å².